The van der Waals surface area contributed by atoms with Gasteiger partial charge in [-0.2, -0.15) is 5.10 Å². The summed E-state index contributed by atoms with van der Waals surface area (Å²) in [7, 11) is 1.40. The number of aryl methyl sites for hydroxylation is 2. The second-order valence-electron chi connectivity index (χ2n) is 7.37. The Bertz CT molecular complexity index is 1220. The number of anilines is 1. The first-order valence-electron chi connectivity index (χ1n) is 10.0. The number of nitrogen functional groups attached to an aromatic ring is 1. The molecular formula is C24H24N4O5. The Hall–Kier alpha value is -4.40. The number of nitrogens with zero attached hydrogens (tertiary/aromatic N) is 2. The number of methoxy groups -OCH3 is 1. The SMILES string of the molecule is COc1cc(/C=N\NC(=O)c2cccc(N)c2)cc([N+](=O)[O-])c1OCc1cc(C)ccc1C. The summed E-state index contributed by atoms with van der Waals surface area (Å²) in [6, 6.07) is 15.2. The van der Waals surface area contributed by atoms with Gasteiger partial charge >= 0.3 is 5.69 Å². The maximum absolute atomic E-state index is 12.2. The Labute approximate surface area is 191 Å². The number of amides is 1. The van der Waals surface area contributed by atoms with Crippen molar-refractivity contribution >= 4 is 23.5 Å². The number of carbonyl (C=O) groups is 1. The smallest absolute Gasteiger partial charge is 0.315 e. The van der Waals surface area contributed by atoms with E-state index in [9.17, 15) is 14.9 Å². The summed E-state index contributed by atoms with van der Waals surface area (Å²) in [4.78, 5) is 23.3. The average molecular weight is 448 g/mol. The number of rotatable bonds is 8. The predicted molar refractivity (Wildman–Crippen MR) is 126 cm³/mol. The lowest BCUT2D eigenvalue weighted by Crippen LogP contribution is -2.17. The minimum Gasteiger partial charge on any atom is -0.493 e. The van der Waals surface area contributed by atoms with Crippen LogP contribution in [0.5, 0.6) is 11.5 Å². The maximum Gasteiger partial charge on any atom is 0.315 e. The highest BCUT2D eigenvalue weighted by Crippen LogP contribution is 2.38. The molecule has 0 heterocycles. The number of hydrogen-bond donors (Lipinski definition) is 2. The number of nitro benzene ring substituents is 1. The number of hydrogen-bond acceptors (Lipinski definition) is 7. The van der Waals surface area contributed by atoms with Crippen molar-refractivity contribution in [1.29, 1.82) is 0 Å². The summed E-state index contributed by atoms with van der Waals surface area (Å²) in [6.45, 7) is 4.06. The minimum atomic E-state index is -0.552. The first-order valence-corrected chi connectivity index (χ1v) is 10.0. The van der Waals surface area contributed by atoms with Crippen LogP contribution in [0.25, 0.3) is 0 Å². The largest absolute Gasteiger partial charge is 0.493 e. The summed E-state index contributed by atoms with van der Waals surface area (Å²) in [6.07, 6.45) is 1.29. The average Bonchev–Trinajstić information content (AvgIpc) is 2.79. The third-order valence-corrected chi connectivity index (χ3v) is 4.88. The highest BCUT2D eigenvalue weighted by atomic mass is 16.6. The van der Waals surface area contributed by atoms with Crippen molar-refractivity contribution in [2.75, 3.05) is 12.8 Å². The molecule has 0 aromatic heterocycles. The lowest BCUT2D eigenvalue weighted by Gasteiger charge is -2.13. The van der Waals surface area contributed by atoms with Crippen molar-refractivity contribution in [2.45, 2.75) is 20.5 Å². The summed E-state index contributed by atoms with van der Waals surface area (Å²) in [5.74, 6) is -0.268. The number of nitro groups is 1. The molecule has 0 unspecified atom stereocenters. The van der Waals surface area contributed by atoms with E-state index >= 15 is 0 Å². The van der Waals surface area contributed by atoms with Crippen molar-refractivity contribution in [3.63, 3.8) is 0 Å². The number of ether oxygens (including phenoxy) is 2. The molecule has 0 saturated heterocycles. The molecule has 0 saturated carbocycles. The second-order valence-corrected chi connectivity index (χ2v) is 7.37. The van der Waals surface area contributed by atoms with Crippen LogP contribution in [0.3, 0.4) is 0 Å². The lowest BCUT2D eigenvalue weighted by molar-refractivity contribution is -0.386. The molecule has 0 aliphatic heterocycles. The molecule has 0 radical (unpaired) electrons. The number of hydrazone groups is 1. The van der Waals surface area contributed by atoms with E-state index in [1.54, 1.807) is 24.3 Å². The number of nitrogens with two attached hydrogens (primary N) is 1. The van der Waals surface area contributed by atoms with Gasteiger partial charge in [0.25, 0.3) is 5.91 Å². The second kappa shape index (κ2) is 10.3. The van der Waals surface area contributed by atoms with Gasteiger partial charge in [-0.25, -0.2) is 5.43 Å². The van der Waals surface area contributed by atoms with Gasteiger partial charge in [-0.1, -0.05) is 29.8 Å². The maximum atomic E-state index is 12.2. The van der Waals surface area contributed by atoms with Crippen LogP contribution in [0.2, 0.25) is 0 Å². The number of carbonyl (C=O) groups excluding carboxylic acids is 1. The molecule has 0 aliphatic rings. The first kappa shape index (κ1) is 23.3. The summed E-state index contributed by atoms with van der Waals surface area (Å²) >= 11 is 0. The molecule has 170 valence electrons. The molecule has 3 aromatic carbocycles. The van der Waals surface area contributed by atoms with Gasteiger partial charge in [0.15, 0.2) is 5.75 Å². The third-order valence-electron chi connectivity index (χ3n) is 4.88. The number of nitrogens with one attached hydrogen (secondary N) is 1. The van der Waals surface area contributed by atoms with Crippen LogP contribution in [-0.4, -0.2) is 24.2 Å². The van der Waals surface area contributed by atoms with Crippen molar-refractivity contribution in [1.82, 2.24) is 5.43 Å². The van der Waals surface area contributed by atoms with Gasteiger partial charge in [-0.3, -0.25) is 14.9 Å². The molecule has 1 amide bonds. The van der Waals surface area contributed by atoms with Gasteiger partial charge in [-0.15, -0.1) is 0 Å². The fraction of sp³-hybridized carbons (Fsp3) is 0.167. The van der Waals surface area contributed by atoms with E-state index in [4.69, 9.17) is 15.2 Å². The zero-order valence-electron chi connectivity index (χ0n) is 18.5. The minimum absolute atomic E-state index is 0.0179. The van der Waals surface area contributed by atoms with Gasteiger partial charge in [0, 0.05) is 22.9 Å². The topological polar surface area (TPSA) is 129 Å². The fourth-order valence-corrected chi connectivity index (χ4v) is 3.13. The van der Waals surface area contributed by atoms with Crippen LogP contribution in [0.1, 0.15) is 32.6 Å². The molecule has 0 fully saturated rings. The third kappa shape index (κ3) is 5.85. The molecule has 3 rings (SSSR count). The van der Waals surface area contributed by atoms with Crippen LogP contribution in [-0.2, 0) is 6.61 Å². The van der Waals surface area contributed by atoms with Gasteiger partial charge in [0.2, 0.25) is 5.75 Å². The van der Waals surface area contributed by atoms with Gasteiger partial charge in [0.05, 0.1) is 18.2 Å². The van der Waals surface area contributed by atoms with Crippen LogP contribution in [0.15, 0.2) is 59.7 Å². The molecule has 33 heavy (non-hydrogen) atoms. The molecule has 0 spiro atoms. The predicted octanol–water partition coefficient (Wildman–Crippen LogP) is 4.15. The van der Waals surface area contributed by atoms with Crippen molar-refractivity contribution in [3.05, 3.63) is 92.5 Å². The van der Waals surface area contributed by atoms with Crippen LogP contribution >= 0.6 is 0 Å². The summed E-state index contributed by atoms with van der Waals surface area (Å²) < 4.78 is 11.2. The Kier molecular flexibility index (Phi) is 7.24. The zero-order valence-corrected chi connectivity index (χ0v) is 18.5. The molecule has 3 aromatic rings. The van der Waals surface area contributed by atoms with E-state index in [0.29, 0.717) is 16.8 Å². The van der Waals surface area contributed by atoms with Crippen molar-refractivity contribution < 1.29 is 19.2 Å². The van der Waals surface area contributed by atoms with E-state index in [-0.39, 0.29) is 23.8 Å². The van der Waals surface area contributed by atoms with E-state index in [1.165, 1.54) is 25.5 Å². The first-order chi connectivity index (χ1) is 15.8. The van der Waals surface area contributed by atoms with Gasteiger partial charge in [0.1, 0.15) is 6.61 Å². The van der Waals surface area contributed by atoms with Gasteiger partial charge in [-0.05, 0) is 49.2 Å². The van der Waals surface area contributed by atoms with E-state index < -0.39 is 10.8 Å². The molecule has 9 heteroatoms. The monoisotopic (exact) mass is 448 g/mol. The Balaban J connectivity index is 1.82. The summed E-state index contributed by atoms with van der Waals surface area (Å²) in [5, 5.41) is 15.6. The van der Waals surface area contributed by atoms with Crippen LogP contribution in [0, 0.1) is 24.0 Å². The van der Waals surface area contributed by atoms with E-state index in [2.05, 4.69) is 10.5 Å². The molecule has 0 bridgehead atoms. The molecule has 0 aliphatic carbocycles. The van der Waals surface area contributed by atoms with Crippen molar-refractivity contribution in [3.8, 4) is 11.5 Å². The van der Waals surface area contributed by atoms with Gasteiger partial charge < -0.3 is 15.2 Å². The molecule has 9 nitrogen and oxygen atoms in total. The van der Waals surface area contributed by atoms with Crippen LogP contribution < -0.4 is 20.6 Å². The fourth-order valence-electron chi connectivity index (χ4n) is 3.13. The van der Waals surface area contributed by atoms with Crippen molar-refractivity contribution in [2.24, 2.45) is 5.10 Å². The summed E-state index contributed by atoms with van der Waals surface area (Å²) in [5.41, 5.74) is 11.9. The highest BCUT2D eigenvalue weighted by Gasteiger charge is 2.22. The quantitative estimate of drug-likeness (QED) is 0.231. The Morgan fingerprint density at radius 1 is 1.18 bits per heavy atom. The van der Waals surface area contributed by atoms with E-state index in [1.807, 2.05) is 32.0 Å². The van der Waals surface area contributed by atoms with Crippen LogP contribution in [0.4, 0.5) is 11.4 Å². The Morgan fingerprint density at radius 2 is 1.97 bits per heavy atom. The molecule has 3 N–H and O–H groups in total. The molecular weight excluding hydrogens is 424 g/mol. The zero-order chi connectivity index (χ0) is 24.0. The van der Waals surface area contributed by atoms with E-state index in [0.717, 1.165) is 16.7 Å². The normalized spacial score (nSPS) is 10.8. The number of benzene rings is 3. The standard InChI is InChI=1S/C24H24N4O5/c1-15-7-8-16(2)19(9-15)14-33-23-21(28(30)31)10-17(11-22(23)32-3)13-26-27-24(29)18-5-4-6-20(25)12-18/h4-13H,14,25H2,1-3H3,(H,27,29)/b26-13-. The highest BCUT2D eigenvalue weighted by molar-refractivity contribution is 5.95. The lowest BCUT2D eigenvalue weighted by atomic mass is 10.1. The Morgan fingerprint density at radius 3 is 2.67 bits per heavy atom. The molecule has 0 atom stereocenters.